The molecule has 2 aliphatic rings. The molecule has 0 aliphatic heterocycles. The summed E-state index contributed by atoms with van der Waals surface area (Å²) in [5, 5.41) is 3.74. The quantitative estimate of drug-likeness (QED) is 0.890. The summed E-state index contributed by atoms with van der Waals surface area (Å²) in [7, 11) is 0. The summed E-state index contributed by atoms with van der Waals surface area (Å²) in [5.41, 5.74) is 1.50. The molecule has 0 heterocycles. The molecule has 86 valence electrons. The van der Waals surface area contributed by atoms with Gasteiger partial charge in [-0.05, 0) is 48.8 Å². The van der Waals surface area contributed by atoms with Gasteiger partial charge in [0.05, 0.1) is 0 Å². The summed E-state index contributed by atoms with van der Waals surface area (Å²) < 4.78 is 1.21. The molecule has 16 heavy (non-hydrogen) atoms. The Bertz CT molecular complexity index is 384. The molecular weight excluding hydrogens is 262 g/mol. The van der Waals surface area contributed by atoms with Gasteiger partial charge in [-0.1, -0.05) is 35.0 Å². The zero-order valence-corrected chi connectivity index (χ0v) is 11.2. The Morgan fingerprint density at radius 2 is 2.00 bits per heavy atom. The predicted molar refractivity (Wildman–Crippen MR) is 70.6 cm³/mol. The van der Waals surface area contributed by atoms with E-state index in [4.69, 9.17) is 0 Å². The molecule has 2 fully saturated rings. The molecule has 0 saturated heterocycles. The molecule has 0 amide bonds. The third-order valence-electron chi connectivity index (χ3n) is 4.02. The standard InChI is InChI=1S/C14H18BrN/c1-9-5-14(9)16-13-7-11(8-13)10-3-2-4-12(15)6-10/h2-4,6,9,11,13-14,16H,5,7-8H2,1H3. The van der Waals surface area contributed by atoms with Gasteiger partial charge in [-0.2, -0.15) is 0 Å². The molecule has 1 nitrogen and oxygen atoms in total. The molecule has 2 aliphatic carbocycles. The largest absolute Gasteiger partial charge is 0.311 e. The summed E-state index contributed by atoms with van der Waals surface area (Å²) in [6.07, 6.45) is 4.03. The second kappa shape index (κ2) is 4.15. The number of halogens is 1. The van der Waals surface area contributed by atoms with Crippen LogP contribution in [0.15, 0.2) is 28.7 Å². The summed E-state index contributed by atoms with van der Waals surface area (Å²) in [5.74, 6) is 1.70. The molecule has 0 aromatic heterocycles. The lowest BCUT2D eigenvalue weighted by molar-refractivity contribution is 0.286. The number of benzene rings is 1. The summed E-state index contributed by atoms with van der Waals surface area (Å²) in [6, 6.07) is 10.4. The number of hydrogen-bond donors (Lipinski definition) is 1. The molecular formula is C14H18BrN. The van der Waals surface area contributed by atoms with Crippen LogP contribution < -0.4 is 5.32 Å². The van der Waals surface area contributed by atoms with Crippen molar-refractivity contribution in [3.8, 4) is 0 Å². The summed E-state index contributed by atoms with van der Waals surface area (Å²) in [4.78, 5) is 0. The minimum absolute atomic E-state index is 0.777. The van der Waals surface area contributed by atoms with Crippen molar-refractivity contribution in [2.45, 2.75) is 44.2 Å². The summed E-state index contributed by atoms with van der Waals surface area (Å²) in [6.45, 7) is 2.34. The van der Waals surface area contributed by atoms with E-state index in [9.17, 15) is 0 Å². The Hall–Kier alpha value is -0.340. The van der Waals surface area contributed by atoms with Crippen molar-refractivity contribution in [1.82, 2.24) is 5.32 Å². The third-order valence-corrected chi connectivity index (χ3v) is 4.51. The first-order valence-corrected chi connectivity index (χ1v) is 7.03. The van der Waals surface area contributed by atoms with Gasteiger partial charge in [0.15, 0.2) is 0 Å². The lowest BCUT2D eigenvalue weighted by Gasteiger charge is -2.36. The first kappa shape index (κ1) is 10.8. The first-order valence-electron chi connectivity index (χ1n) is 6.24. The van der Waals surface area contributed by atoms with Gasteiger partial charge in [-0.25, -0.2) is 0 Å². The van der Waals surface area contributed by atoms with Crippen molar-refractivity contribution < 1.29 is 0 Å². The van der Waals surface area contributed by atoms with E-state index >= 15 is 0 Å². The number of nitrogens with one attached hydrogen (secondary N) is 1. The third kappa shape index (κ3) is 2.18. The molecule has 2 saturated carbocycles. The van der Waals surface area contributed by atoms with Crippen LogP contribution in [0, 0.1) is 5.92 Å². The van der Waals surface area contributed by atoms with Crippen molar-refractivity contribution in [2.75, 3.05) is 0 Å². The highest BCUT2D eigenvalue weighted by molar-refractivity contribution is 9.10. The van der Waals surface area contributed by atoms with Crippen LogP contribution in [-0.2, 0) is 0 Å². The van der Waals surface area contributed by atoms with E-state index in [1.807, 2.05) is 0 Å². The molecule has 1 aromatic rings. The van der Waals surface area contributed by atoms with Crippen molar-refractivity contribution in [3.05, 3.63) is 34.3 Å². The highest BCUT2D eigenvalue weighted by Crippen LogP contribution is 2.40. The average Bonchev–Trinajstić information content (AvgIpc) is 2.87. The topological polar surface area (TPSA) is 12.0 Å². The van der Waals surface area contributed by atoms with Gasteiger partial charge in [-0.3, -0.25) is 0 Å². The maximum Gasteiger partial charge on any atom is 0.0178 e. The van der Waals surface area contributed by atoms with Crippen LogP contribution in [0.3, 0.4) is 0 Å². The molecule has 1 N–H and O–H groups in total. The average molecular weight is 280 g/mol. The minimum Gasteiger partial charge on any atom is -0.311 e. The van der Waals surface area contributed by atoms with E-state index in [1.54, 1.807) is 0 Å². The molecule has 0 radical (unpaired) electrons. The van der Waals surface area contributed by atoms with Crippen LogP contribution in [0.4, 0.5) is 0 Å². The normalized spacial score (nSPS) is 36.9. The minimum atomic E-state index is 0.777. The second-order valence-electron chi connectivity index (χ2n) is 5.41. The van der Waals surface area contributed by atoms with Crippen LogP contribution in [0.2, 0.25) is 0 Å². The number of hydrogen-bond acceptors (Lipinski definition) is 1. The van der Waals surface area contributed by atoms with E-state index in [2.05, 4.69) is 52.4 Å². The monoisotopic (exact) mass is 279 g/mol. The SMILES string of the molecule is CC1CC1NC1CC(c2cccc(Br)c2)C1. The van der Waals surface area contributed by atoms with E-state index in [0.29, 0.717) is 0 Å². The Balaban J connectivity index is 1.53. The smallest absolute Gasteiger partial charge is 0.0178 e. The van der Waals surface area contributed by atoms with Crippen molar-refractivity contribution in [2.24, 2.45) is 5.92 Å². The molecule has 1 aromatic carbocycles. The highest BCUT2D eigenvalue weighted by Gasteiger charge is 2.38. The molecule has 2 atom stereocenters. The van der Waals surface area contributed by atoms with Gasteiger partial charge in [0, 0.05) is 16.6 Å². The van der Waals surface area contributed by atoms with Crippen LogP contribution in [0.25, 0.3) is 0 Å². The van der Waals surface area contributed by atoms with Gasteiger partial charge in [0.25, 0.3) is 0 Å². The van der Waals surface area contributed by atoms with Gasteiger partial charge in [0.1, 0.15) is 0 Å². The maximum absolute atomic E-state index is 3.74. The van der Waals surface area contributed by atoms with Crippen molar-refractivity contribution in [3.63, 3.8) is 0 Å². The lowest BCUT2D eigenvalue weighted by Crippen LogP contribution is -2.41. The Labute approximate surface area is 106 Å². The first-order chi connectivity index (χ1) is 7.72. The molecule has 2 unspecified atom stereocenters. The molecule has 2 heteroatoms. The fraction of sp³-hybridized carbons (Fsp3) is 0.571. The fourth-order valence-electron chi connectivity index (χ4n) is 2.64. The van der Waals surface area contributed by atoms with Crippen LogP contribution in [0.5, 0.6) is 0 Å². The zero-order chi connectivity index (χ0) is 11.1. The Kier molecular flexibility index (Phi) is 2.80. The van der Waals surface area contributed by atoms with Gasteiger partial charge < -0.3 is 5.32 Å². The van der Waals surface area contributed by atoms with Crippen LogP contribution >= 0.6 is 15.9 Å². The predicted octanol–water partition coefficient (Wildman–Crippen LogP) is 3.69. The molecule has 0 bridgehead atoms. The maximum atomic E-state index is 3.74. The Morgan fingerprint density at radius 1 is 1.25 bits per heavy atom. The van der Waals surface area contributed by atoms with E-state index in [0.717, 1.165) is 23.9 Å². The van der Waals surface area contributed by atoms with Gasteiger partial charge >= 0.3 is 0 Å². The van der Waals surface area contributed by atoms with E-state index in [1.165, 1.54) is 29.3 Å². The van der Waals surface area contributed by atoms with E-state index in [-0.39, 0.29) is 0 Å². The van der Waals surface area contributed by atoms with E-state index < -0.39 is 0 Å². The van der Waals surface area contributed by atoms with Crippen LogP contribution in [0.1, 0.15) is 37.7 Å². The zero-order valence-electron chi connectivity index (χ0n) is 9.62. The molecule has 3 rings (SSSR count). The fourth-order valence-corrected chi connectivity index (χ4v) is 3.06. The summed E-state index contributed by atoms with van der Waals surface area (Å²) >= 11 is 3.54. The van der Waals surface area contributed by atoms with Crippen molar-refractivity contribution >= 4 is 15.9 Å². The van der Waals surface area contributed by atoms with Crippen LogP contribution in [-0.4, -0.2) is 12.1 Å². The number of rotatable bonds is 3. The van der Waals surface area contributed by atoms with Crippen molar-refractivity contribution in [1.29, 1.82) is 0 Å². The second-order valence-corrected chi connectivity index (χ2v) is 6.32. The Morgan fingerprint density at radius 3 is 2.62 bits per heavy atom. The van der Waals surface area contributed by atoms with Gasteiger partial charge in [-0.15, -0.1) is 0 Å². The molecule has 0 spiro atoms. The highest BCUT2D eigenvalue weighted by atomic mass is 79.9. The van der Waals surface area contributed by atoms with Gasteiger partial charge in [0.2, 0.25) is 0 Å². The lowest BCUT2D eigenvalue weighted by atomic mass is 9.76.